The Hall–Kier alpha value is -1.01. The van der Waals surface area contributed by atoms with Crippen molar-refractivity contribution in [3.8, 4) is 0 Å². The summed E-state index contributed by atoms with van der Waals surface area (Å²) in [4.78, 5) is 4.86. The maximum absolute atomic E-state index is 12.7. The van der Waals surface area contributed by atoms with Crippen LogP contribution in [0.5, 0.6) is 0 Å². The predicted octanol–water partition coefficient (Wildman–Crippen LogP) is 3.44. The molecule has 24 heavy (non-hydrogen) atoms. The van der Waals surface area contributed by atoms with Crippen LogP contribution in [0.1, 0.15) is 11.3 Å². The molecule has 3 nitrogen and oxygen atoms in total. The fourth-order valence-electron chi connectivity index (χ4n) is 3.35. The summed E-state index contributed by atoms with van der Waals surface area (Å²) in [6, 6.07) is 14.1. The molecule has 0 N–H and O–H groups in total. The normalized spacial score (nSPS) is 23.2. The number of piperidine rings is 1. The Bertz CT molecular complexity index is 630. The first-order chi connectivity index (χ1) is 11.8. The zero-order valence-electron chi connectivity index (χ0n) is 14.1. The number of hydrogen-bond donors (Lipinski definition) is 0. The third-order valence-electron chi connectivity index (χ3n) is 4.68. The van der Waals surface area contributed by atoms with Crippen LogP contribution < -0.4 is 0 Å². The molecule has 3 unspecified atom stereocenters. The first-order valence-electron chi connectivity index (χ1n) is 8.47. The van der Waals surface area contributed by atoms with Gasteiger partial charge in [-0.1, -0.05) is 24.3 Å². The van der Waals surface area contributed by atoms with Gasteiger partial charge in [0.2, 0.25) is 0 Å². The first kappa shape index (κ1) is 17.8. The molecule has 2 heterocycles. The minimum atomic E-state index is -0.956. The van der Waals surface area contributed by atoms with Crippen LogP contribution in [0.15, 0.2) is 52.7 Å². The van der Waals surface area contributed by atoms with E-state index in [4.69, 9.17) is 4.74 Å². The van der Waals surface area contributed by atoms with Crippen molar-refractivity contribution in [1.29, 1.82) is 0 Å². The van der Waals surface area contributed by atoms with Crippen LogP contribution in [0.2, 0.25) is 0 Å². The Labute approximate surface area is 151 Å². The van der Waals surface area contributed by atoms with E-state index in [2.05, 4.69) is 22.4 Å². The summed E-state index contributed by atoms with van der Waals surface area (Å²) in [5, 5.41) is 2.14. The molecule has 1 aromatic carbocycles. The van der Waals surface area contributed by atoms with Gasteiger partial charge in [-0.2, -0.15) is 0 Å². The van der Waals surface area contributed by atoms with Crippen LogP contribution in [-0.4, -0.2) is 47.7 Å². The maximum Gasteiger partial charge on any atom is 0.0632 e. The predicted molar refractivity (Wildman–Crippen MR) is 101 cm³/mol. The second kappa shape index (κ2) is 8.90. The monoisotopic (exact) mass is 363 g/mol. The highest BCUT2D eigenvalue weighted by Gasteiger charge is 2.30. The Morgan fingerprint density at radius 3 is 2.79 bits per heavy atom. The van der Waals surface area contributed by atoms with Crippen LogP contribution in [0.4, 0.5) is 0 Å². The highest BCUT2D eigenvalue weighted by Crippen LogP contribution is 2.23. The molecule has 0 saturated carbocycles. The molecule has 1 aromatic heterocycles. The molecular formula is C19H25NO2S2. The van der Waals surface area contributed by atoms with Gasteiger partial charge in [0.25, 0.3) is 0 Å². The summed E-state index contributed by atoms with van der Waals surface area (Å²) in [6.07, 6.45) is 2.34. The number of nitrogens with zero attached hydrogens (tertiary/aromatic N) is 1. The van der Waals surface area contributed by atoms with Gasteiger partial charge < -0.3 is 9.64 Å². The summed E-state index contributed by atoms with van der Waals surface area (Å²) < 4.78 is 18.3. The molecule has 0 aliphatic carbocycles. The van der Waals surface area contributed by atoms with Crippen molar-refractivity contribution < 1.29 is 8.95 Å². The van der Waals surface area contributed by atoms with Gasteiger partial charge in [-0.15, -0.1) is 11.3 Å². The molecule has 2 aromatic rings. The molecule has 1 fully saturated rings. The van der Waals surface area contributed by atoms with Crippen molar-refractivity contribution in [3.63, 3.8) is 0 Å². The van der Waals surface area contributed by atoms with E-state index in [1.807, 2.05) is 41.7 Å². The molecule has 1 aliphatic rings. The zero-order chi connectivity index (χ0) is 16.8. The molecule has 1 aliphatic heterocycles. The smallest absolute Gasteiger partial charge is 0.0632 e. The van der Waals surface area contributed by atoms with Crippen molar-refractivity contribution in [2.24, 2.45) is 5.92 Å². The summed E-state index contributed by atoms with van der Waals surface area (Å²) in [5.41, 5.74) is 0. The van der Waals surface area contributed by atoms with Gasteiger partial charge in [-0.05, 0) is 36.4 Å². The average Bonchev–Trinajstić information content (AvgIpc) is 3.14. The number of rotatable bonds is 7. The van der Waals surface area contributed by atoms with E-state index in [1.165, 1.54) is 4.88 Å². The van der Waals surface area contributed by atoms with E-state index in [-0.39, 0.29) is 6.10 Å². The number of benzene rings is 1. The van der Waals surface area contributed by atoms with Crippen molar-refractivity contribution in [1.82, 2.24) is 4.90 Å². The molecule has 130 valence electrons. The van der Waals surface area contributed by atoms with Crippen molar-refractivity contribution in [2.45, 2.75) is 23.8 Å². The van der Waals surface area contributed by atoms with E-state index in [1.54, 1.807) is 7.11 Å². The van der Waals surface area contributed by atoms with Crippen molar-refractivity contribution >= 4 is 22.1 Å². The fourth-order valence-corrected chi connectivity index (χ4v) is 5.41. The van der Waals surface area contributed by atoms with Crippen LogP contribution >= 0.6 is 11.3 Å². The van der Waals surface area contributed by atoms with Crippen LogP contribution in [0.3, 0.4) is 0 Å². The standard InChI is InChI=1S/C19H25NO2S2/c1-22-19-10-12-20(11-9-17-6-5-13-23-17)14-16(19)15-24(21)18-7-3-2-4-8-18/h2-8,13,16,19H,9-12,14-15H2,1H3. The number of hydrogen-bond acceptors (Lipinski definition) is 4. The number of methoxy groups -OCH3 is 1. The van der Waals surface area contributed by atoms with E-state index in [0.29, 0.717) is 11.7 Å². The van der Waals surface area contributed by atoms with Gasteiger partial charge >= 0.3 is 0 Å². The Balaban J connectivity index is 1.57. The lowest BCUT2D eigenvalue weighted by atomic mass is 9.96. The van der Waals surface area contributed by atoms with Gasteiger partial charge in [-0.25, -0.2) is 0 Å². The van der Waals surface area contributed by atoms with Crippen LogP contribution in [0, 0.1) is 5.92 Å². The SMILES string of the molecule is COC1CCN(CCc2cccs2)CC1CS(=O)c1ccccc1. The second-order valence-electron chi connectivity index (χ2n) is 6.28. The second-order valence-corrected chi connectivity index (χ2v) is 8.81. The van der Waals surface area contributed by atoms with E-state index in [0.717, 1.165) is 37.4 Å². The molecular weight excluding hydrogens is 338 g/mol. The third kappa shape index (κ3) is 4.76. The molecule has 0 bridgehead atoms. The van der Waals surface area contributed by atoms with Gasteiger partial charge in [0.15, 0.2) is 0 Å². The zero-order valence-corrected chi connectivity index (χ0v) is 15.7. The van der Waals surface area contributed by atoms with Crippen molar-refractivity contribution in [2.75, 3.05) is 32.5 Å². The number of ether oxygens (including phenoxy) is 1. The van der Waals surface area contributed by atoms with E-state index >= 15 is 0 Å². The summed E-state index contributed by atoms with van der Waals surface area (Å²) >= 11 is 1.83. The largest absolute Gasteiger partial charge is 0.381 e. The molecule has 0 radical (unpaired) electrons. The lowest BCUT2D eigenvalue weighted by Gasteiger charge is -2.37. The maximum atomic E-state index is 12.7. The van der Waals surface area contributed by atoms with Crippen LogP contribution in [-0.2, 0) is 22.0 Å². The van der Waals surface area contributed by atoms with Gasteiger partial charge in [0.05, 0.1) is 16.9 Å². The number of likely N-dealkylation sites (tertiary alicyclic amines) is 1. The summed E-state index contributed by atoms with van der Waals surface area (Å²) in [7, 11) is 0.826. The van der Waals surface area contributed by atoms with E-state index in [9.17, 15) is 4.21 Å². The topological polar surface area (TPSA) is 29.5 Å². The third-order valence-corrected chi connectivity index (χ3v) is 7.14. The molecule has 3 atom stereocenters. The molecule has 0 spiro atoms. The Morgan fingerprint density at radius 1 is 1.25 bits per heavy atom. The minimum absolute atomic E-state index is 0.218. The fraction of sp³-hybridized carbons (Fsp3) is 0.474. The quantitative estimate of drug-likeness (QED) is 0.755. The molecule has 0 amide bonds. The van der Waals surface area contributed by atoms with E-state index < -0.39 is 10.8 Å². The molecule has 5 heteroatoms. The highest BCUT2D eigenvalue weighted by atomic mass is 32.2. The highest BCUT2D eigenvalue weighted by molar-refractivity contribution is 7.85. The average molecular weight is 364 g/mol. The molecule has 3 rings (SSSR count). The Kier molecular flexibility index (Phi) is 6.60. The van der Waals surface area contributed by atoms with Gasteiger partial charge in [-0.3, -0.25) is 4.21 Å². The summed E-state index contributed by atoms with van der Waals surface area (Å²) in [6.45, 7) is 3.12. The lowest BCUT2D eigenvalue weighted by Crippen LogP contribution is -2.46. The first-order valence-corrected chi connectivity index (χ1v) is 10.7. The minimum Gasteiger partial charge on any atom is -0.381 e. The van der Waals surface area contributed by atoms with Gasteiger partial charge in [0, 0.05) is 48.2 Å². The Morgan fingerprint density at radius 2 is 2.08 bits per heavy atom. The van der Waals surface area contributed by atoms with Gasteiger partial charge in [0.1, 0.15) is 0 Å². The lowest BCUT2D eigenvalue weighted by molar-refractivity contribution is 0.00245. The van der Waals surface area contributed by atoms with Crippen LogP contribution in [0.25, 0.3) is 0 Å². The number of thiophene rings is 1. The summed E-state index contributed by atoms with van der Waals surface area (Å²) in [5.74, 6) is 1.01. The molecule has 1 saturated heterocycles. The van der Waals surface area contributed by atoms with Crippen molar-refractivity contribution in [3.05, 3.63) is 52.7 Å².